The Balaban J connectivity index is 1.96. The molecule has 0 aliphatic carbocycles. The van der Waals surface area contributed by atoms with Gasteiger partial charge in [-0.05, 0) is 92.4 Å². The van der Waals surface area contributed by atoms with Crippen LogP contribution in [0.25, 0.3) is 0 Å². The highest BCUT2D eigenvalue weighted by Gasteiger charge is 2.30. The second kappa shape index (κ2) is 14.6. The first-order valence-corrected chi connectivity index (χ1v) is 20.4. The van der Waals surface area contributed by atoms with Gasteiger partial charge >= 0.3 is 0 Å². The molecule has 0 bridgehead atoms. The molecule has 0 fully saturated rings. The number of aromatic hydroxyl groups is 3. The molecule has 1 heterocycles. The van der Waals surface area contributed by atoms with Crippen LogP contribution in [0, 0.1) is 0 Å². The fourth-order valence-corrected chi connectivity index (χ4v) is 8.01. The molecule has 294 valence electrons. The van der Waals surface area contributed by atoms with E-state index in [2.05, 4.69) is 130 Å². The van der Waals surface area contributed by atoms with Crippen molar-refractivity contribution >= 4 is 35.2 Å². The summed E-state index contributed by atoms with van der Waals surface area (Å²) in [4.78, 5) is 16.8. The highest BCUT2D eigenvalue weighted by Crippen LogP contribution is 2.46. The predicted octanol–water partition coefficient (Wildman–Crippen LogP) is 12.8. The van der Waals surface area contributed by atoms with Crippen molar-refractivity contribution in [3.05, 3.63) is 69.8 Å². The van der Waals surface area contributed by atoms with Gasteiger partial charge in [0.25, 0.3) is 0 Å². The first-order chi connectivity index (χ1) is 24.3. The van der Waals surface area contributed by atoms with Crippen LogP contribution in [-0.4, -0.2) is 30.3 Å². The third-order valence-electron chi connectivity index (χ3n) is 9.39. The number of nitrogens with zero attached hydrogens (tertiary/aromatic N) is 3. The highest BCUT2D eigenvalue weighted by atomic mass is 32.2. The lowest BCUT2D eigenvalue weighted by Crippen LogP contribution is -2.18. The smallest absolute Gasteiger partial charge is 0.232 e. The number of phenols is 3. The monoisotopic (exact) mass is 772 g/mol. The number of hydrogen-bond donors (Lipinski definition) is 4. The summed E-state index contributed by atoms with van der Waals surface area (Å²) >= 11 is 2.87. The third-order valence-corrected chi connectivity index (χ3v) is 11.1. The van der Waals surface area contributed by atoms with Gasteiger partial charge in [0, 0.05) is 48.9 Å². The van der Waals surface area contributed by atoms with Gasteiger partial charge in [-0.15, -0.1) is 0 Å². The van der Waals surface area contributed by atoms with Crippen LogP contribution in [0.15, 0.2) is 56.5 Å². The van der Waals surface area contributed by atoms with Gasteiger partial charge in [0.15, 0.2) is 10.3 Å². The molecule has 0 unspecified atom stereocenters. The van der Waals surface area contributed by atoms with E-state index in [1.165, 1.54) is 23.5 Å². The maximum Gasteiger partial charge on any atom is 0.232 e. The summed E-state index contributed by atoms with van der Waals surface area (Å²) in [6, 6.07) is 12.1. The standard InChI is InChI=1S/C45H64N4O3S2/c1-40(2,3)28-19-25(20-29(34(28)50)41(4,5)6)46-37-47-38(53-26-21-30(42(7,8)9)35(51)31(22-26)43(10,11)12)49-39(48-37)54-27-23-32(44(13,14)15)36(52)33(24-27)45(16,17)18/h19-24,50-52H,1-18H3,(H,46,47,48,49). The first-order valence-electron chi connectivity index (χ1n) is 18.8. The van der Waals surface area contributed by atoms with Crippen molar-refractivity contribution in [1.29, 1.82) is 0 Å². The first kappa shape index (κ1) is 43.3. The Morgan fingerprint density at radius 1 is 0.389 bits per heavy atom. The zero-order valence-electron chi connectivity index (χ0n) is 36.0. The number of aromatic nitrogens is 3. The SMILES string of the molecule is CC(C)(C)c1cc(Nc2nc(Sc3cc(C(C)(C)C)c(O)c(C(C)(C)C)c3)nc(Sc3cc(C(C)(C)C)c(O)c(C(C)(C)C)c3)n2)cc(C(C)(C)C)c1O. The molecule has 0 radical (unpaired) electrons. The number of phenolic OH excluding ortho intramolecular Hbond substituents is 3. The second-order valence-electron chi connectivity index (χ2n) is 20.7. The Morgan fingerprint density at radius 3 is 0.870 bits per heavy atom. The molecule has 0 aliphatic rings. The van der Waals surface area contributed by atoms with E-state index >= 15 is 0 Å². The molecule has 0 spiro atoms. The number of rotatable bonds is 6. The molecule has 4 N–H and O–H groups in total. The van der Waals surface area contributed by atoms with Crippen LogP contribution in [0.5, 0.6) is 17.2 Å². The molecule has 1 aromatic heterocycles. The maximum atomic E-state index is 11.4. The van der Waals surface area contributed by atoms with Gasteiger partial charge in [-0.3, -0.25) is 0 Å². The number of nitrogens with one attached hydrogen (secondary N) is 1. The van der Waals surface area contributed by atoms with Crippen molar-refractivity contribution in [2.45, 2.75) is 177 Å². The van der Waals surface area contributed by atoms with E-state index in [0.717, 1.165) is 48.9 Å². The molecular weight excluding hydrogens is 709 g/mol. The van der Waals surface area contributed by atoms with E-state index in [1.807, 2.05) is 36.4 Å². The van der Waals surface area contributed by atoms with Crippen molar-refractivity contribution in [3.8, 4) is 17.2 Å². The molecule has 0 saturated carbocycles. The van der Waals surface area contributed by atoms with Gasteiger partial charge in [-0.2, -0.15) is 15.0 Å². The zero-order chi connectivity index (χ0) is 41.1. The Kier molecular flexibility index (Phi) is 11.7. The van der Waals surface area contributed by atoms with Crippen LogP contribution >= 0.6 is 23.5 Å². The van der Waals surface area contributed by atoms with E-state index in [1.54, 1.807) is 0 Å². The topological polar surface area (TPSA) is 111 Å². The van der Waals surface area contributed by atoms with Crippen molar-refractivity contribution in [2.24, 2.45) is 0 Å². The summed E-state index contributed by atoms with van der Waals surface area (Å²) in [6.07, 6.45) is 0. The maximum absolute atomic E-state index is 11.4. The summed E-state index contributed by atoms with van der Waals surface area (Å²) in [5.41, 5.74) is 4.07. The Morgan fingerprint density at radius 2 is 0.630 bits per heavy atom. The minimum atomic E-state index is -0.314. The molecule has 54 heavy (non-hydrogen) atoms. The van der Waals surface area contributed by atoms with E-state index in [4.69, 9.17) is 15.0 Å². The zero-order valence-corrected chi connectivity index (χ0v) is 37.6. The molecule has 0 saturated heterocycles. The van der Waals surface area contributed by atoms with E-state index < -0.39 is 0 Å². The summed E-state index contributed by atoms with van der Waals surface area (Å²) in [5, 5.41) is 38.7. The number of benzene rings is 3. The average molecular weight is 773 g/mol. The Bertz CT molecular complexity index is 1680. The third kappa shape index (κ3) is 10.1. The minimum Gasteiger partial charge on any atom is -0.507 e. The number of hydrogen-bond acceptors (Lipinski definition) is 9. The van der Waals surface area contributed by atoms with Gasteiger partial charge in [0.2, 0.25) is 5.95 Å². The van der Waals surface area contributed by atoms with E-state index in [-0.39, 0.29) is 32.5 Å². The predicted molar refractivity (Wildman–Crippen MR) is 228 cm³/mol. The molecule has 0 amide bonds. The summed E-state index contributed by atoms with van der Waals surface area (Å²) in [6.45, 7) is 37.8. The van der Waals surface area contributed by atoms with E-state index in [0.29, 0.717) is 33.5 Å². The molecule has 0 atom stereocenters. The summed E-state index contributed by atoms with van der Waals surface area (Å²) in [7, 11) is 0. The summed E-state index contributed by atoms with van der Waals surface area (Å²) in [5.74, 6) is 1.32. The fourth-order valence-electron chi connectivity index (χ4n) is 6.30. The van der Waals surface area contributed by atoms with Crippen molar-refractivity contribution in [3.63, 3.8) is 0 Å². The summed E-state index contributed by atoms with van der Waals surface area (Å²) < 4.78 is 0. The largest absolute Gasteiger partial charge is 0.507 e. The van der Waals surface area contributed by atoms with Crippen LogP contribution in [0.3, 0.4) is 0 Å². The van der Waals surface area contributed by atoms with Gasteiger partial charge in [-0.1, -0.05) is 125 Å². The lowest BCUT2D eigenvalue weighted by atomic mass is 9.79. The lowest BCUT2D eigenvalue weighted by Gasteiger charge is -2.28. The van der Waals surface area contributed by atoms with Crippen LogP contribution in [0.4, 0.5) is 11.6 Å². The molecular formula is C45H64N4O3S2. The quantitative estimate of drug-likeness (QED) is 0.142. The van der Waals surface area contributed by atoms with Crippen molar-refractivity contribution in [1.82, 2.24) is 15.0 Å². The lowest BCUT2D eigenvalue weighted by molar-refractivity contribution is 0.421. The Labute approximate surface area is 333 Å². The van der Waals surface area contributed by atoms with Crippen LogP contribution in [-0.2, 0) is 32.5 Å². The minimum absolute atomic E-state index is 0.295. The van der Waals surface area contributed by atoms with Crippen LogP contribution in [0.1, 0.15) is 158 Å². The van der Waals surface area contributed by atoms with Crippen molar-refractivity contribution in [2.75, 3.05) is 5.32 Å². The van der Waals surface area contributed by atoms with Gasteiger partial charge < -0.3 is 20.6 Å². The molecule has 9 heteroatoms. The fraction of sp³-hybridized carbons (Fsp3) is 0.533. The Hall–Kier alpha value is -3.43. The molecule has 4 aromatic rings. The van der Waals surface area contributed by atoms with Crippen LogP contribution < -0.4 is 5.32 Å². The molecule has 3 aromatic carbocycles. The molecule has 4 rings (SSSR count). The highest BCUT2D eigenvalue weighted by molar-refractivity contribution is 7.99. The second-order valence-corrected chi connectivity index (χ2v) is 22.8. The number of anilines is 2. The van der Waals surface area contributed by atoms with Crippen LogP contribution in [0.2, 0.25) is 0 Å². The normalized spacial score (nSPS) is 13.4. The van der Waals surface area contributed by atoms with Crippen molar-refractivity contribution < 1.29 is 15.3 Å². The van der Waals surface area contributed by atoms with E-state index in [9.17, 15) is 15.3 Å². The molecule has 0 aliphatic heterocycles. The van der Waals surface area contributed by atoms with Gasteiger partial charge in [0.05, 0.1) is 0 Å². The average Bonchev–Trinajstić information content (AvgIpc) is 2.96. The molecule has 7 nitrogen and oxygen atoms in total. The van der Waals surface area contributed by atoms with Gasteiger partial charge in [0.1, 0.15) is 17.2 Å². The van der Waals surface area contributed by atoms with Gasteiger partial charge in [-0.25, -0.2) is 0 Å².